The molecule has 0 saturated carbocycles. The van der Waals surface area contributed by atoms with Gasteiger partial charge in [-0.05, 0) is 55.8 Å². The maximum atomic E-state index is 13.5. The molecule has 178 valence electrons. The van der Waals surface area contributed by atoms with Crippen molar-refractivity contribution in [2.24, 2.45) is 0 Å². The zero-order valence-corrected chi connectivity index (χ0v) is 19.6. The van der Waals surface area contributed by atoms with Gasteiger partial charge in [0.2, 0.25) is 0 Å². The standard InChI is InChI=1S/C25H22ClN5O4/c1-14-7-3-4-11-19(14)30-24(33)28-16-8-5-9-17(13-16)31-22(15(2)27-25(34)35)29-20-12-6-10-18(26)21(20)23(31)32/h3-13,15,27H,1-2H3,(H,34,35)(H2,28,30,33). The molecule has 0 fully saturated rings. The van der Waals surface area contributed by atoms with E-state index in [0.717, 1.165) is 5.56 Å². The number of aryl methyl sites for hydroxylation is 1. The van der Waals surface area contributed by atoms with Gasteiger partial charge in [0.15, 0.2) is 0 Å². The number of carbonyl (C=O) groups excluding carboxylic acids is 1. The Kier molecular flexibility index (Phi) is 6.70. The van der Waals surface area contributed by atoms with Crippen LogP contribution in [-0.4, -0.2) is 26.8 Å². The molecule has 10 heteroatoms. The average Bonchev–Trinajstić information content (AvgIpc) is 2.80. The molecule has 0 aliphatic carbocycles. The Balaban J connectivity index is 1.76. The average molecular weight is 492 g/mol. The van der Waals surface area contributed by atoms with Crippen LogP contribution < -0.4 is 21.5 Å². The van der Waals surface area contributed by atoms with Crippen molar-refractivity contribution >= 4 is 46.0 Å². The highest BCUT2D eigenvalue weighted by Gasteiger charge is 2.21. The molecule has 1 atom stereocenters. The van der Waals surface area contributed by atoms with E-state index in [1.807, 2.05) is 25.1 Å². The number of urea groups is 1. The van der Waals surface area contributed by atoms with Crippen LogP contribution in [-0.2, 0) is 0 Å². The summed E-state index contributed by atoms with van der Waals surface area (Å²) in [5.41, 5.74) is 2.26. The summed E-state index contributed by atoms with van der Waals surface area (Å²) < 4.78 is 1.29. The Bertz CT molecular complexity index is 1500. The van der Waals surface area contributed by atoms with Crippen molar-refractivity contribution in [2.75, 3.05) is 10.6 Å². The summed E-state index contributed by atoms with van der Waals surface area (Å²) in [7, 11) is 0. The van der Waals surface area contributed by atoms with Crippen molar-refractivity contribution in [3.63, 3.8) is 0 Å². The minimum Gasteiger partial charge on any atom is -0.465 e. The summed E-state index contributed by atoms with van der Waals surface area (Å²) in [6, 6.07) is 17.6. The normalized spacial score (nSPS) is 11.6. The molecule has 1 unspecified atom stereocenters. The molecule has 9 nitrogen and oxygen atoms in total. The number of carbonyl (C=O) groups is 2. The third-order valence-electron chi connectivity index (χ3n) is 5.36. The summed E-state index contributed by atoms with van der Waals surface area (Å²) in [5.74, 6) is 0.175. The van der Waals surface area contributed by atoms with Crippen LogP contribution in [0, 0.1) is 6.92 Å². The van der Waals surface area contributed by atoms with E-state index in [2.05, 4.69) is 20.9 Å². The summed E-state index contributed by atoms with van der Waals surface area (Å²) in [5, 5.41) is 17.5. The Morgan fingerprint density at radius 1 is 1.03 bits per heavy atom. The lowest BCUT2D eigenvalue weighted by atomic mass is 10.2. The molecule has 0 aliphatic heterocycles. The Labute approximate surface area is 205 Å². The van der Waals surface area contributed by atoms with E-state index in [1.54, 1.807) is 55.5 Å². The van der Waals surface area contributed by atoms with Crippen LogP contribution in [0.2, 0.25) is 5.02 Å². The van der Waals surface area contributed by atoms with E-state index in [-0.39, 0.29) is 16.2 Å². The first-order valence-electron chi connectivity index (χ1n) is 10.7. The van der Waals surface area contributed by atoms with Crippen LogP contribution in [0.4, 0.5) is 21.0 Å². The van der Waals surface area contributed by atoms with Crippen molar-refractivity contribution in [2.45, 2.75) is 19.9 Å². The first-order chi connectivity index (χ1) is 16.7. The molecule has 0 radical (unpaired) electrons. The number of halogens is 1. The van der Waals surface area contributed by atoms with Crippen LogP contribution in [0.3, 0.4) is 0 Å². The van der Waals surface area contributed by atoms with Gasteiger partial charge in [0, 0.05) is 11.4 Å². The number of hydrogen-bond donors (Lipinski definition) is 4. The maximum absolute atomic E-state index is 13.5. The van der Waals surface area contributed by atoms with E-state index in [1.165, 1.54) is 4.57 Å². The van der Waals surface area contributed by atoms with Crippen molar-refractivity contribution in [1.29, 1.82) is 0 Å². The first kappa shape index (κ1) is 23.8. The van der Waals surface area contributed by atoms with E-state index in [9.17, 15) is 19.5 Å². The molecule has 35 heavy (non-hydrogen) atoms. The molecule has 3 aromatic carbocycles. The lowest BCUT2D eigenvalue weighted by Gasteiger charge is -2.19. The SMILES string of the molecule is Cc1ccccc1NC(=O)Nc1cccc(-n2c(C(C)NC(=O)O)nc3cccc(Cl)c3c2=O)c1. The third kappa shape index (κ3) is 5.10. The van der Waals surface area contributed by atoms with E-state index >= 15 is 0 Å². The number of anilines is 2. The minimum atomic E-state index is -1.26. The molecule has 1 heterocycles. The van der Waals surface area contributed by atoms with Gasteiger partial charge in [-0.2, -0.15) is 0 Å². The lowest BCUT2D eigenvalue weighted by molar-refractivity contribution is 0.190. The fourth-order valence-corrected chi connectivity index (χ4v) is 3.97. The molecule has 4 N–H and O–H groups in total. The Hall–Kier alpha value is -4.37. The van der Waals surface area contributed by atoms with E-state index in [4.69, 9.17) is 11.6 Å². The Morgan fingerprint density at radius 2 is 1.77 bits per heavy atom. The summed E-state index contributed by atoms with van der Waals surface area (Å²) in [6.45, 7) is 3.47. The number of hydrogen-bond acceptors (Lipinski definition) is 4. The molecule has 4 rings (SSSR count). The maximum Gasteiger partial charge on any atom is 0.405 e. The van der Waals surface area contributed by atoms with Gasteiger partial charge in [0.05, 0.1) is 27.7 Å². The molecule has 0 bridgehead atoms. The number of fused-ring (bicyclic) bond motifs is 1. The van der Waals surface area contributed by atoms with Crippen molar-refractivity contribution in [3.05, 3.63) is 93.5 Å². The quantitative estimate of drug-likeness (QED) is 0.300. The summed E-state index contributed by atoms with van der Waals surface area (Å²) in [6.07, 6.45) is -1.26. The van der Waals surface area contributed by atoms with Gasteiger partial charge in [-0.15, -0.1) is 0 Å². The highest BCUT2D eigenvalue weighted by Crippen LogP contribution is 2.24. The van der Waals surface area contributed by atoms with Gasteiger partial charge in [0.25, 0.3) is 5.56 Å². The number of aromatic nitrogens is 2. The molecule has 4 aromatic rings. The predicted molar refractivity (Wildman–Crippen MR) is 136 cm³/mol. The number of amides is 3. The smallest absolute Gasteiger partial charge is 0.405 e. The number of rotatable bonds is 5. The van der Waals surface area contributed by atoms with E-state index < -0.39 is 23.7 Å². The Morgan fingerprint density at radius 3 is 2.51 bits per heavy atom. The predicted octanol–water partition coefficient (Wildman–Crippen LogP) is 5.32. The summed E-state index contributed by atoms with van der Waals surface area (Å²) >= 11 is 6.30. The second-order valence-electron chi connectivity index (χ2n) is 7.86. The van der Waals surface area contributed by atoms with E-state index in [0.29, 0.717) is 22.6 Å². The van der Waals surface area contributed by atoms with Crippen LogP contribution in [0.1, 0.15) is 24.4 Å². The van der Waals surface area contributed by atoms with Crippen molar-refractivity contribution < 1.29 is 14.7 Å². The molecule has 3 amide bonds. The highest BCUT2D eigenvalue weighted by atomic mass is 35.5. The molecule has 0 aliphatic rings. The van der Waals surface area contributed by atoms with Gasteiger partial charge in [-0.3, -0.25) is 9.36 Å². The van der Waals surface area contributed by atoms with Crippen LogP contribution >= 0.6 is 11.6 Å². The summed E-state index contributed by atoms with van der Waals surface area (Å²) in [4.78, 5) is 41.9. The zero-order chi connectivity index (χ0) is 25.1. The minimum absolute atomic E-state index is 0.175. The lowest BCUT2D eigenvalue weighted by Crippen LogP contribution is -2.32. The van der Waals surface area contributed by atoms with Crippen LogP contribution in [0.25, 0.3) is 16.6 Å². The van der Waals surface area contributed by atoms with Crippen LogP contribution in [0.15, 0.2) is 71.5 Å². The molecular weight excluding hydrogens is 470 g/mol. The van der Waals surface area contributed by atoms with Gasteiger partial charge in [-0.25, -0.2) is 14.6 Å². The van der Waals surface area contributed by atoms with Gasteiger partial charge < -0.3 is 21.1 Å². The molecule has 1 aromatic heterocycles. The first-order valence-corrected chi connectivity index (χ1v) is 11.1. The number of benzene rings is 3. The second kappa shape index (κ2) is 9.86. The fraction of sp³-hybridized carbons (Fsp3) is 0.120. The molecule has 0 spiro atoms. The second-order valence-corrected chi connectivity index (χ2v) is 8.27. The number of nitrogens with zero attached hydrogens (tertiary/aromatic N) is 2. The van der Waals surface area contributed by atoms with Gasteiger partial charge >= 0.3 is 12.1 Å². The largest absolute Gasteiger partial charge is 0.465 e. The monoisotopic (exact) mass is 491 g/mol. The third-order valence-corrected chi connectivity index (χ3v) is 5.67. The number of nitrogens with one attached hydrogen (secondary N) is 3. The zero-order valence-electron chi connectivity index (χ0n) is 18.9. The molecule has 0 saturated heterocycles. The number of para-hydroxylation sites is 1. The highest BCUT2D eigenvalue weighted by molar-refractivity contribution is 6.35. The molecular formula is C25H22ClN5O4. The van der Waals surface area contributed by atoms with Crippen molar-refractivity contribution in [1.82, 2.24) is 14.9 Å². The topological polar surface area (TPSA) is 125 Å². The van der Waals surface area contributed by atoms with Crippen LogP contribution in [0.5, 0.6) is 0 Å². The van der Waals surface area contributed by atoms with Gasteiger partial charge in [0.1, 0.15) is 5.82 Å². The van der Waals surface area contributed by atoms with Gasteiger partial charge in [-0.1, -0.05) is 41.9 Å². The number of carboxylic acid groups (broad SMARTS) is 1. The van der Waals surface area contributed by atoms with Crippen molar-refractivity contribution in [3.8, 4) is 5.69 Å². The fourth-order valence-electron chi connectivity index (χ4n) is 3.72.